The van der Waals surface area contributed by atoms with Gasteiger partial charge in [0.15, 0.2) is 0 Å². The molecule has 1 aliphatic rings. The zero-order valence-electron chi connectivity index (χ0n) is 17.1. The summed E-state index contributed by atoms with van der Waals surface area (Å²) in [7, 11) is 0. The second-order valence-corrected chi connectivity index (χ2v) is 10.4. The average Bonchev–Trinajstić information content (AvgIpc) is 3.12. The molecule has 1 aliphatic heterocycles. The highest BCUT2D eigenvalue weighted by atomic mass is 16.6. The lowest BCUT2D eigenvalue weighted by molar-refractivity contribution is 0.0540. The summed E-state index contributed by atoms with van der Waals surface area (Å²) in [4.78, 5) is 0. The molecule has 0 saturated carbocycles. The van der Waals surface area contributed by atoms with Crippen LogP contribution in [0.15, 0.2) is 0 Å². The lowest BCUT2D eigenvalue weighted by atomic mass is 9.76. The Balaban J connectivity index is 2.44. The molecule has 0 spiro atoms. The van der Waals surface area contributed by atoms with Crippen LogP contribution < -0.4 is 0 Å². The quantitative estimate of drug-likeness (QED) is 0.463. The summed E-state index contributed by atoms with van der Waals surface area (Å²) in [6, 6.07) is 0. The van der Waals surface area contributed by atoms with Gasteiger partial charge in [-0.1, -0.05) is 61.8 Å². The van der Waals surface area contributed by atoms with Gasteiger partial charge in [0, 0.05) is 6.61 Å². The molecule has 0 amide bonds. The summed E-state index contributed by atoms with van der Waals surface area (Å²) in [5.41, 5.74) is 0.833. The summed E-state index contributed by atoms with van der Waals surface area (Å²) in [5.74, 6) is 2.19. The molecular weight excluding hydrogens is 284 g/mol. The van der Waals surface area contributed by atoms with Gasteiger partial charge in [-0.25, -0.2) is 0 Å². The molecule has 4 atom stereocenters. The van der Waals surface area contributed by atoms with Crippen molar-refractivity contribution in [3.05, 3.63) is 0 Å². The molecule has 1 rings (SSSR count). The minimum Gasteiger partial charge on any atom is -0.378 e. The van der Waals surface area contributed by atoms with Gasteiger partial charge in [0.2, 0.25) is 0 Å². The van der Waals surface area contributed by atoms with Crippen molar-refractivity contribution in [1.29, 1.82) is 0 Å². The van der Waals surface area contributed by atoms with Crippen LogP contribution in [0.3, 0.4) is 0 Å². The van der Waals surface area contributed by atoms with E-state index in [2.05, 4.69) is 55.4 Å². The van der Waals surface area contributed by atoms with Gasteiger partial charge in [-0.3, -0.25) is 0 Å². The van der Waals surface area contributed by atoms with Crippen LogP contribution >= 0.6 is 0 Å². The molecule has 1 heterocycles. The predicted molar refractivity (Wildman–Crippen MR) is 99.8 cm³/mol. The van der Waals surface area contributed by atoms with Gasteiger partial charge in [-0.05, 0) is 47.8 Å². The topological polar surface area (TPSA) is 21.8 Å². The average molecular weight is 327 g/mol. The number of ether oxygens (including phenoxy) is 2. The third kappa shape index (κ3) is 11.2. The van der Waals surface area contributed by atoms with E-state index in [1.54, 1.807) is 0 Å². The molecule has 0 bridgehead atoms. The molecule has 0 N–H and O–H groups in total. The van der Waals surface area contributed by atoms with Crippen LogP contribution in [-0.4, -0.2) is 25.9 Å². The zero-order chi connectivity index (χ0) is 17.7. The molecule has 0 aromatic rings. The maximum absolute atomic E-state index is 5.96. The second-order valence-electron chi connectivity index (χ2n) is 10.4. The monoisotopic (exact) mass is 326 g/mol. The summed E-state index contributed by atoms with van der Waals surface area (Å²) in [6.45, 7) is 21.5. The van der Waals surface area contributed by atoms with Crippen LogP contribution in [0, 0.1) is 28.6 Å². The van der Waals surface area contributed by atoms with Crippen molar-refractivity contribution in [3.8, 4) is 0 Å². The fourth-order valence-corrected chi connectivity index (χ4v) is 3.83. The molecule has 0 aromatic carbocycles. The number of epoxide rings is 1. The first-order valence-corrected chi connectivity index (χ1v) is 9.65. The number of hydrogen-bond donors (Lipinski definition) is 0. The lowest BCUT2D eigenvalue weighted by Crippen LogP contribution is -2.24. The Morgan fingerprint density at radius 2 is 1.52 bits per heavy atom. The Hall–Kier alpha value is -0.0800. The van der Waals surface area contributed by atoms with Crippen molar-refractivity contribution in [2.45, 2.75) is 87.2 Å². The minimum atomic E-state index is 0.383. The fraction of sp³-hybridized carbons (Fsp3) is 1.00. The van der Waals surface area contributed by atoms with Crippen molar-refractivity contribution in [3.63, 3.8) is 0 Å². The SMILES string of the molecule is CC(CCC(COCC1CO1)C(C)CC(C)(C)C)CC(C)(C)C. The normalized spacial score (nSPS) is 22.7. The van der Waals surface area contributed by atoms with E-state index >= 15 is 0 Å². The van der Waals surface area contributed by atoms with Crippen LogP contribution in [0.25, 0.3) is 0 Å². The van der Waals surface area contributed by atoms with Crippen LogP contribution in [0.4, 0.5) is 0 Å². The molecule has 4 unspecified atom stereocenters. The van der Waals surface area contributed by atoms with E-state index in [0.717, 1.165) is 31.7 Å². The third-order valence-corrected chi connectivity index (χ3v) is 4.77. The van der Waals surface area contributed by atoms with Crippen molar-refractivity contribution >= 4 is 0 Å². The molecule has 1 saturated heterocycles. The van der Waals surface area contributed by atoms with Crippen LogP contribution in [0.1, 0.15) is 81.1 Å². The van der Waals surface area contributed by atoms with Gasteiger partial charge in [-0.2, -0.15) is 0 Å². The summed E-state index contributed by atoms with van der Waals surface area (Å²) in [6.07, 6.45) is 5.58. The molecule has 0 radical (unpaired) electrons. The highest BCUT2D eigenvalue weighted by Gasteiger charge is 2.27. The summed E-state index contributed by atoms with van der Waals surface area (Å²) in [5, 5.41) is 0. The van der Waals surface area contributed by atoms with Crippen LogP contribution in [0.2, 0.25) is 0 Å². The van der Waals surface area contributed by atoms with Gasteiger partial charge in [0.05, 0.1) is 13.2 Å². The summed E-state index contributed by atoms with van der Waals surface area (Å²) >= 11 is 0. The first-order valence-electron chi connectivity index (χ1n) is 9.65. The van der Waals surface area contributed by atoms with Gasteiger partial charge in [-0.15, -0.1) is 0 Å². The van der Waals surface area contributed by atoms with E-state index < -0.39 is 0 Å². The Kier molecular flexibility index (Phi) is 8.07. The Labute approximate surface area is 145 Å². The van der Waals surface area contributed by atoms with Crippen LogP contribution in [-0.2, 0) is 9.47 Å². The smallest absolute Gasteiger partial charge is 0.104 e. The van der Waals surface area contributed by atoms with Crippen molar-refractivity contribution in [2.24, 2.45) is 28.6 Å². The van der Waals surface area contributed by atoms with Gasteiger partial charge in [0.1, 0.15) is 6.10 Å². The highest BCUT2D eigenvalue weighted by Crippen LogP contribution is 2.33. The number of hydrogen-bond acceptors (Lipinski definition) is 2. The van der Waals surface area contributed by atoms with E-state index in [1.165, 1.54) is 25.7 Å². The van der Waals surface area contributed by atoms with E-state index in [9.17, 15) is 0 Å². The maximum atomic E-state index is 5.96. The molecule has 23 heavy (non-hydrogen) atoms. The first-order chi connectivity index (χ1) is 10.5. The zero-order valence-corrected chi connectivity index (χ0v) is 17.1. The molecule has 0 aliphatic carbocycles. The molecule has 2 heteroatoms. The largest absolute Gasteiger partial charge is 0.378 e. The Morgan fingerprint density at radius 3 is 2.00 bits per heavy atom. The third-order valence-electron chi connectivity index (χ3n) is 4.77. The predicted octanol–water partition coefficient (Wildman–Crippen LogP) is 5.94. The van der Waals surface area contributed by atoms with E-state index in [1.807, 2.05) is 0 Å². The first kappa shape index (κ1) is 21.0. The minimum absolute atomic E-state index is 0.383. The van der Waals surface area contributed by atoms with Crippen molar-refractivity contribution in [1.82, 2.24) is 0 Å². The molecule has 1 fully saturated rings. The van der Waals surface area contributed by atoms with Gasteiger partial charge in [0.25, 0.3) is 0 Å². The van der Waals surface area contributed by atoms with Gasteiger partial charge >= 0.3 is 0 Å². The van der Waals surface area contributed by atoms with Gasteiger partial charge < -0.3 is 9.47 Å². The van der Waals surface area contributed by atoms with Crippen molar-refractivity contribution in [2.75, 3.05) is 19.8 Å². The molecule has 0 aromatic heterocycles. The number of rotatable bonds is 10. The molecular formula is C21H42O2. The summed E-state index contributed by atoms with van der Waals surface area (Å²) < 4.78 is 11.2. The van der Waals surface area contributed by atoms with Crippen LogP contribution in [0.5, 0.6) is 0 Å². The molecule has 2 nitrogen and oxygen atoms in total. The molecule has 138 valence electrons. The lowest BCUT2D eigenvalue weighted by Gasteiger charge is -2.31. The van der Waals surface area contributed by atoms with E-state index in [4.69, 9.17) is 9.47 Å². The maximum Gasteiger partial charge on any atom is 0.104 e. The highest BCUT2D eigenvalue weighted by molar-refractivity contribution is 4.76. The Morgan fingerprint density at radius 1 is 0.957 bits per heavy atom. The Bertz CT molecular complexity index is 320. The van der Waals surface area contributed by atoms with E-state index in [-0.39, 0.29) is 0 Å². The standard InChI is InChI=1S/C21H42O2/c1-16(11-20(3,4)5)9-10-18(13-22-14-19-15-23-19)17(2)12-21(6,7)8/h16-19H,9-15H2,1-8H3. The fourth-order valence-electron chi connectivity index (χ4n) is 3.83. The second kappa shape index (κ2) is 8.85. The van der Waals surface area contributed by atoms with E-state index in [0.29, 0.717) is 22.9 Å². The van der Waals surface area contributed by atoms with Crippen molar-refractivity contribution < 1.29 is 9.47 Å².